The number of aryl methyl sites for hydroxylation is 1. The molecule has 0 bridgehead atoms. The molecule has 2 aromatic heterocycles. The van der Waals surface area contributed by atoms with E-state index in [2.05, 4.69) is 41.2 Å². The Morgan fingerprint density at radius 3 is 2.81 bits per heavy atom. The van der Waals surface area contributed by atoms with Crippen LogP contribution in [0, 0.1) is 6.92 Å². The third kappa shape index (κ3) is 3.95. The maximum Gasteiger partial charge on any atom is 0.290 e. The first-order valence-corrected chi connectivity index (χ1v) is 11.5. The fourth-order valence-electron chi connectivity index (χ4n) is 4.28. The average molecular weight is 430 g/mol. The first-order valence-electron chi connectivity index (χ1n) is 10.5. The lowest BCUT2D eigenvalue weighted by Crippen LogP contribution is -2.30. The molecule has 1 aliphatic heterocycles. The number of para-hydroxylation sites is 1. The third-order valence-corrected chi connectivity index (χ3v) is 6.62. The molecule has 5 rings (SSSR count). The summed E-state index contributed by atoms with van der Waals surface area (Å²) >= 11 is 1.51. The van der Waals surface area contributed by atoms with Gasteiger partial charge in [-0.05, 0) is 37.5 Å². The molecule has 0 radical (unpaired) electrons. The molecule has 0 N–H and O–H groups in total. The Kier molecular flexibility index (Phi) is 5.47. The number of nitrogens with zero attached hydrogens (tertiary/aromatic N) is 3. The Bertz CT molecular complexity index is 1220. The van der Waals surface area contributed by atoms with E-state index < -0.39 is 0 Å². The van der Waals surface area contributed by atoms with Crippen molar-refractivity contribution in [1.82, 2.24) is 14.9 Å². The predicted octanol–water partition coefficient (Wildman–Crippen LogP) is 5.80. The van der Waals surface area contributed by atoms with Gasteiger partial charge in [0, 0.05) is 35.6 Å². The summed E-state index contributed by atoms with van der Waals surface area (Å²) in [7, 11) is 0. The van der Waals surface area contributed by atoms with Crippen molar-refractivity contribution in [3.8, 4) is 0 Å². The van der Waals surface area contributed by atoms with Gasteiger partial charge in [0.2, 0.25) is 0 Å². The Hall–Kier alpha value is -3.12. The smallest absolute Gasteiger partial charge is 0.290 e. The van der Waals surface area contributed by atoms with E-state index in [0.29, 0.717) is 16.7 Å². The molecule has 0 spiro atoms. The predicted molar refractivity (Wildman–Crippen MR) is 122 cm³/mol. The van der Waals surface area contributed by atoms with Gasteiger partial charge in [-0.2, -0.15) is 0 Å². The molecule has 1 aliphatic rings. The molecule has 6 heteroatoms. The third-order valence-electron chi connectivity index (χ3n) is 5.72. The largest absolute Gasteiger partial charge is 0.451 e. The van der Waals surface area contributed by atoms with Gasteiger partial charge in [-0.25, -0.2) is 9.97 Å². The highest BCUT2D eigenvalue weighted by Crippen LogP contribution is 2.37. The van der Waals surface area contributed by atoms with Crippen LogP contribution in [0.5, 0.6) is 0 Å². The maximum absolute atomic E-state index is 13.7. The summed E-state index contributed by atoms with van der Waals surface area (Å²) in [6.07, 6.45) is 5.42. The van der Waals surface area contributed by atoms with Crippen molar-refractivity contribution in [1.29, 1.82) is 0 Å². The average Bonchev–Trinajstić information content (AvgIpc) is 3.43. The molecule has 1 atom stereocenters. The summed E-state index contributed by atoms with van der Waals surface area (Å²) in [4.78, 5) is 24.3. The summed E-state index contributed by atoms with van der Waals surface area (Å²) in [6, 6.07) is 18.2. The number of thioether (sulfide) groups is 1. The van der Waals surface area contributed by atoms with Gasteiger partial charge in [0.25, 0.3) is 5.91 Å². The number of benzene rings is 2. The highest BCUT2D eigenvalue weighted by Gasteiger charge is 2.34. The van der Waals surface area contributed by atoms with E-state index in [4.69, 9.17) is 4.42 Å². The molecule has 156 valence electrons. The topological polar surface area (TPSA) is 59.2 Å². The minimum atomic E-state index is -0.0372. The monoisotopic (exact) mass is 429 g/mol. The number of aromatic nitrogens is 2. The Labute approximate surface area is 185 Å². The van der Waals surface area contributed by atoms with Crippen molar-refractivity contribution in [2.75, 3.05) is 6.54 Å². The number of likely N-dealkylation sites (tertiary alicyclic amines) is 1. The fraction of sp³-hybridized carbons (Fsp3) is 0.240. The molecule has 1 unspecified atom stereocenters. The fourth-order valence-corrected chi connectivity index (χ4v) is 5.11. The van der Waals surface area contributed by atoms with E-state index >= 15 is 0 Å². The number of carbonyl (C=O) groups is 1. The highest BCUT2D eigenvalue weighted by atomic mass is 32.2. The zero-order valence-electron chi connectivity index (χ0n) is 17.3. The first-order chi connectivity index (χ1) is 15.2. The standard InChI is InChI=1S/C25H23N3O2S/c1-17-7-4-8-18(15-17)21-10-5-14-28(21)24(29)23-20(16-31-25-26-12-6-13-27-25)19-9-2-3-11-22(19)30-23/h2-4,6-9,11-13,15,21H,5,10,14,16H2,1H3. The quantitative estimate of drug-likeness (QED) is 0.296. The van der Waals surface area contributed by atoms with Crippen molar-refractivity contribution in [3.63, 3.8) is 0 Å². The number of rotatable bonds is 5. The zero-order chi connectivity index (χ0) is 21.2. The molecule has 2 aromatic carbocycles. The van der Waals surface area contributed by atoms with Crippen LogP contribution in [0.2, 0.25) is 0 Å². The molecule has 0 saturated carbocycles. The van der Waals surface area contributed by atoms with Gasteiger partial charge in [-0.1, -0.05) is 59.8 Å². The van der Waals surface area contributed by atoms with E-state index in [9.17, 15) is 4.79 Å². The van der Waals surface area contributed by atoms with E-state index in [1.807, 2.05) is 29.2 Å². The van der Waals surface area contributed by atoms with Crippen molar-refractivity contribution in [2.45, 2.75) is 36.7 Å². The van der Waals surface area contributed by atoms with Crippen LogP contribution in [0.3, 0.4) is 0 Å². The number of carbonyl (C=O) groups excluding carboxylic acids is 1. The van der Waals surface area contributed by atoms with E-state index in [1.165, 1.54) is 22.9 Å². The first kappa shape index (κ1) is 19.8. The molecule has 5 nitrogen and oxygen atoms in total. The lowest BCUT2D eigenvalue weighted by molar-refractivity contribution is 0.0704. The van der Waals surface area contributed by atoms with Crippen molar-refractivity contribution < 1.29 is 9.21 Å². The molecule has 1 saturated heterocycles. The normalized spacial score (nSPS) is 16.2. The molecule has 3 heterocycles. The van der Waals surface area contributed by atoms with Crippen LogP contribution in [0.15, 0.2) is 76.6 Å². The summed E-state index contributed by atoms with van der Waals surface area (Å²) in [5.41, 5.74) is 4.05. The van der Waals surface area contributed by atoms with E-state index in [-0.39, 0.29) is 11.9 Å². The van der Waals surface area contributed by atoms with E-state index in [0.717, 1.165) is 35.9 Å². The molecule has 0 aliphatic carbocycles. The molecule has 1 fully saturated rings. The summed E-state index contributed by atoms with van der Waals surface area (Å²) in [5, 5.41) is 1.66. The lowest BCUT2D eigenvalue weighted by Gasteiger charge is -2.25. The van der Waals surface area contributed by atoms with Gasteiger partial charge in [0.05, 0.1) is 6.04 Å². The molecule has 31 heavy (non-hydrogen) atoms. The Morgan fingerprint density at radius 1 is 1.13 bits per heavy atom. The number of furan rings is 1. The maximum atomic E-state index is 13.7. The van der Waals surface area contributed by atoms with Crippen LogP contribution in [0.25, 0.3) is 11.0 Å². The van der Waals surface area contributed by atoms with Crippen molar-refractivity contribution in [2.24, 2.45) is 0 Å². The minimum Gasteiger partial charge on any atom is -0.451 e. The Balaban J connectivity index is 1.49. The number of hydrogen-bond donors (Lipinski definition) is 0. The van der Waals surface area contributed by atoms with Crippen LogP contribution >= 0.6 is 11.8 Å². The molecular formula is C25H23N3O2S. The van der Waals surface area contributed by atoms with Gasteiger partial charge in [0.1, 0.15) is 5.58 Å². The van der Waals surface area contributed by atoms with Gasteiger partial charge in [-0.15, -0.1) is 0 Å². The van der Waals surface area contributed by atoms with Crippen LogP contribution < -0.4 is 0 Å². The second-order valence-corrected chi connectivity index (χ2v) is 8.74. The minimum absolute atomic E-state index is 0.0372. The van der Waals surface area contributed by atoms with Crippen LogP contribution in [-0.2, 0) is 5.75 Å². The molecule has 4 aromatic rings. The van der Waals surface area contributed by atoms with Crippen LogP contribution in [-0.4, -0.2) is 27.3 Å². The van der Waals surface area contributed by atoms with Crippen molar-refractivity contribution >= 4 is 28.6 Å². The summed E-state index contributed by atoms with van der Waals surface area (Å²) in [6.45, 7) is 2.83. The van der Waals surface area contributed by atoms with E-state index in [1.54, 1.807) is 18.5 Å². The van der Waals surface area contributed by atoms with Crippen LogP contribution in [0.4, 0.5) is 0 Å². The number of hydrogen-bond acceptors (Lipinski definition) is 5. The number of fused-ring (bicyclic) bond motifs is 1. The van der Waals surface area contributed by atoms with Gasteiger partial charge in [-0.3, -0.25) is 4.79 Å². The van der Waals surface area contributed by atoms with Gasteiger partial charge >= 0.3 is 0 Å². The molecular weight excluding hydrogens is 406 g/mol. The zero-order valence-corrected chi connectivity index (χ0v) is 18.1. The van der Waals surface area contributed by atoms with Gasteiger partial charge < -0.3 is 9.32 Å². The van der Waals surface area contributed by atoms with Crippen molar-refractivity contribution in [3.05, 3.63) is 89.4 Å². The van der Waals surface area contributed by atoms with Crippen LogP contribution in [0.1, 0.15) is 46.1 Å². The highest BCUT2D eigenvalue weighted by molar-refractivity contribution is 7.98. The number of amides is 1. The summed E-state index contributed by atoms with van der Waals surface area (Å²) < 4.78 is 6.12. The second-order valence-electron chi connectivity index (χ2n) is 7.80. The van der Waals surface area contributed by atoms with Gasteiger partial charge in [0.15, 0.2) is 10.9 Å². The summed E-state index contributed by atoms with van der Waals surface area (Å²) in [5.74, 6) is 0.972. The SMILES string of the molecule is Cc1cccc(C2CCCN2C(=O)c2oc3ccccc3c2CSc2ncccn2)c1. The lowest BCUT2D eigenvalue weighted by atomic mass is 10.0. The Morgan fingerprint density at radius 2 is 1.97 bits per heavy atom. The second kappa shape index (κ2) is 8.55. The molecule has 1 amide bonds.